The first-order chi connectivity index (χ1) is 14.8. The molecular weight excluding hydrogens is 442 g/mol. The van der Waals surface area contributed by atoms with Crippen LogP contribution in [0.2, 0.25) is 0 Å². The van der Waals surface area contributed by atoms with Crippen molar-refractivity contribution in [1.82, 2.24) is 0 Å². The van der Waals surface area contributed by atoms with Crippen molar-refractivity contribution in [3.05, 3.63) is 23.8 Å². The molecule has 32 heavy (non-hydrogen) atoms. The van der Waals surface area contributed by atoms with Crippen molar-refractivity contribution < 1.29 is 37.7 Å². The van der Waals surface area contributed by atoms with E-state index in [1.165, 1.54) is 19.1 Å². The number of rotatable bonds is 2. The summed E-state index contributed by atoms with van der Waals surface area (Å²) in [7, 11) is 1.11. The van der Waals surface area contributed by atoms with Gasteiger partial charge in [0, 0.05) is 22.7 Å². The van der Waals surface area contributed by atoms with Crippen molar-refractivity contribution in [2.24, 2.45) is 28.6 Å². The highest BCUT2D eigenvalue weighted by atomic mass is 32.1. The average Bonchev–Trinajstić information content (AvgIpc) is 2.93. The maximum absolute atomic E-state index is 17.1. The fraction of sp³-hybridized carbons (Fsp3) is 0.696. The van der Waals surface area contributed by atoms with Gasteiger partial charge in [-0.1, -0.05) is 19.9 Å². The molecule has 0 aromatic carbocycles. The summed E-state index contributed by atoms with van der Waals surface area (Å²) in [6.07, 6.45) is -0.768. The zero-order valence-electron chi connectivity index (χ0n) is 18.4. The van der Waals surface area contributed by atoms with Gasteiger partial charge in [0.2, 0.25) is 5.12 Å². The van der Waals surface area contributed by atoms with Crippen molar-refractivity contribution in [2.45, 2.75) is 63.6 Å². The summed E-state index contributed by atoms with van der Waals surface area (Å²) < 4.78 is 42.7. The maximum Gasteiger partial charge on any atom is 0.509 e. The van der Waals surface area contributed by atoms with Crippen LogP contribution in [0.3, 0.4) is 0 Å². The van der Waals surface area contributed by atoms with Crippen LogP contribution in [0.1, 0.15) is 40.0 Å². The van der Waals surface area contributed by atoms with E-state index in [9.17, 15) is 19.5 Å². The number of hydrogen-bond acceptors (Lipinski definition) is 6. The van der Waals surface area contributed by atoms with Gasteiger partial charge in [-0.3, -0.25) is 9.59 Å². The van der Waals surface area contributed by atoms with E-state index < -0.39 is 69.2 Å². The summed E-state index contributed by atoms with van der Waals surface area (Å²) in [4.78, 5) is 36.9. The summed E-state index contributed by atoms with van der Waals surface area (Å²) in [5, 5.41) is 10.6. The molecule has 0 aromatic heterocycles. The Hall–Kier alpha value is -1.74. The Balaban J connectivity index is 1.87. The smallest absolute Gasteiger partial charge is 0.438 e. The van der Waals surface area contributed by atoms with Crippen molar-refractivity contribution in [3.8, 4) is 0 Å². The zero-order valence-corrected chi connectivity index (χ0v) is 19.3. The Morgan fingerprint density at radius 3 is 2.50 bits per heavy atom. The number of methoxy groups -OCH3 is 1. The predicted octanol–water partition coefficient (Wildman–Crippen LogP) is 3.53. The van der Waals surface area contributed by atoms with Crippen LogP contribution >= 0.6 is 12.6 Å². The van der Waals surface area contributed by atoms with Crippen LogP contribution in [0.5, 0.6) is 0 Å². The van der Waals surface area contributed by atoms with Gasteiger partial charge in [-0.25, -0.2) is 13.6 Å². The number of hydrogen-bond donors (Lipinski definition) is 2. The number of fused-ring (bicyclic) bond motifs is 5. The van der Waals surface area contributed by atoms with Crippen LogP contribution < -0.4 is 0 Å². The van der Waals surface area contributed by atoms with E-state index in [1.807, 2.05) is 0 Å². The predicted molar refractivity (Wildman–Crippen MR) is 113 cm³/mol. The normalized spacial score (nSPS) is 49.4. The van der Waals surface area contributed by atoms with Crippen LogP contribution in [0.4, 0.5) is 13.6 Å². The molecule has 0 heterocycles. The standard InChI is InChI=1S/C23H28F2O6S/c1-11-7-13-14-9-16(24)15-8-12(26)5-6-20(15,2)22(14,25)17(27)10-21(13,3)23(11,18(28)32)31-19(29)30-4/h5-6,8,11,13-14,16-17,27H,7,9-10H2,1-4H3,(H,28,32)/t11-,13?,14?,16-,17?,20?,21?,22-,23-/m1/s1. The molecule has 9 atom stereocenters. The highest BCUT2D eigenvalue weighted by molar-refractivity contribution is 7.96. The van der Waals surface area contributed by atoms with E-state index in [1.54, 1.807) is 13.8 Å². The fourth-order valence-electron chi connectivity index (χ4n) is 7.41. The zero-order chi connectivity index (χ0) is 23.9. The molecule has 4 aliphatic carbocycles. The lowest BCUT2D eigenvalue weighted by molar-refractivity contribution is -0.222. The SMILES string of the molecule is COC(=O)O[C@@]1(C(=O)S)[C@H](C)CC2C3C[C@@H](F)C4=CC(=O)C=CC4(C)[C@]3(F)C(O)CC21C. The van der Waals surface area contributed by atoms with Gasteiger partial charge in [0.15, 0.2) is 17.1 Å². The molecular formula is C23H28F2O6S. The Morgan fingerprint density at radius 2 is 1.91 bits per heavy atom. The molecule has 6 nitrogen and oxygen atoms in total. The van der Waals surface area contributed by atoms with Crippen molar-refractivity contribution in [3.63, 3.8) is 0 Å². The average molecular weight is 471 g/mol. The number of halogens is 2. The van der Waals surface area contributed by atoms with Crippen LogP contribution in [-0.2, 0) is 19.1 Å². The second-order valence-corrected chi connectivity index (χ2v) is 10.5. The number of carbonyl (C=O) groups is 3. The van der Waals surface area contributed by atoms with Crippen LogP contribution in [0.25, 0.3) is 0 Å². The Morgan fingerprint density at radius 1 is 1.25 bits per heavy atom. The molecule has 0 bridgehead atoms. The van der Waals surface area contributed by atoms with Gasteiger partial charge in [0.25, 0.3) is 0 Å². The van der Waals surface area contributed by atoms with E-state index in [2.05, 4.69) is 17.4 Å². The number of aliphatic hydroxyl groups is 1. The molecule has 0 amide bonds. The quantitative estimate of drug-likeness (QED) is 0.474. The largest absolute Gasteiger partial charge is 0.509 e. The second kappa shape index (κ2) is 7.13. The molecule has 176 valence electrons. The molecule has 5 unspecified atom stereocenters. The van der Waals surface area contributed by atoms with Crippen molar-refractivity contribution in [1.29, 1.82) is 0 Å². The molecule has 0 radical (unpaired) electrons. The van der Waals surface area contributed by atoms with Gasteiger partial charge >= 0.3 is 6.16 Å². The van der Waals surface area contributed by atoms with Crippen LogP contribution in [0.15, 0.2) is 23.8 Å². The van der Waals surface area contributed by atoms with Crippen LogP contribution in [-0.4, -0.2) is 52.8 Å². The molecule has 0 spiro atoms. The summed E-state index contributed by atoms with van der Waals surface area (Å²) in [6.45, 7) is 4.88. The lowest BCUT2D eigenvalue weighted by atomic mass is 9.44. The Kier molecular flexibility index (Phi) is 5.22. The molecule has 0 aromatic rings. The number of alkyl halides is 2. The summed E-state index contributed by atoms with van der Waals surface area (Å²) in [5.74, 6) is -2.56. The highest BCUT2D eigenvalue weighted by Crippen LogP contribution is 2.71. The van der Waals surface area contributed by atoms with Gasteiger partial charge in [-0.05, 0) is 49.8 Å². The number of aliphatic hydroxyl groups excluding tert-OH is 1. The topological polar surface area (TPSA) is 89.9 Å². The Bertz CT molecular complexity index is 951. The highest BCUT2D eigenvalue weighted by Gasteiger charge is 2.78. The molecule has 0 aliphatic heterocycles. The molecule has 4 aliphatic rings. The molecule has 3 fully saturated rings. The number of ether oxygens (including phenoxy) is 2. The molecule has 3 saturated carbocycles. The second-order valence-electron chi connectivity index (χ2n) is 10.1. The lowest BCUT2D eigenvalue weighted by Crippen LogP contribution is -2.70. The van der Waals surface area contributed by atoms with E-state index in [4.69, 9.17) is 4.74 Å². The minimum absolute atomic E-state index is 0.0276. The summed E-state index contributed by atoms with van der Waals surface area (Å²) in [5.41, 5.74) is -6.74. The minimum Gasteiger partial charge on any atom is -0.438 e. The van der Waals surface area contributed by atoms with E-state index in [0.717, 1.165) is 13.2 Å². The first-order valence-corrected chi connectivity index (χ1v) is 11.2. The molecule has 4 rings (SSSR count). The van der Waals surface area contributed by atoms with Crippen LogP contribution in [0, 0.1) is 28.6 Å². The van der Waals surface area contributed by atoms with Crippen molar-refractivity contribution in [2.75, 3.05) is 7.11 Å². The fourth-order valence-corrected chi connectivity index (χ4v) is 7.94. The molecule has 0 saturated heterocycles. The molecule has 9 heteroatoms. The maximum atomic E-state index is 17.1. The van der Waals surface area contributed by atoms with Gasteiger partial charge in [0.05, 0.1) is 13.2 Å². The number of ketones is 1. The van der Waals surface area contributed by atoms with Gasteiger partial charge in [-0.15, -0.1) is 12.6 Å². The summed E-state index contributed by atoms with van der Waals surface area (Å²) >= 11 is 4.03. The van der Waals surface area contributed by atoms with Crippen molar-refractivity contribution >= 4 is 29.7 Å². The lowest BCUT2D eigenvalue weighted by Gasteiger charge is -2.63. The van der Waals surface area contributed by atoms with Gasteiger partial charge in [0.1, 0.15) is 6.17 Å². The van der Waals surface area contributed by atoms with E-state index in [-0.39, 0.29) is 24.8 Å². The monoisotopic (exact) mass is 470 g/mol. The number of thiol groups is 1. The van der Waals surface area contributed by atoms with Gasteiger partial charge in [-0.2, -0.15) is 0 Å². The Labute approximate surface area is 190 Å². The van der Waals surface area contributed by atoms with E-state index >= 15 is 8.78 Å². The summed E-state index contributed by atoms with van der Waals surface area (Å²) in [6, 6.07) is 0. The third-order valence-electron chi connectivity index (χ3n) is 8.90. The first kappa shape index (κ1) is 23.4. The van der Waals surface area contributed by atoms with Gasteiger partial charge < -0.3 is 14.6 Å². The minimum atomic E-state index is -2.27. The van der Waals surface area contributed by atoms with E-state index in [0.29, 0.717) is 0 Å². The number of carbonyl (C=O) groups excluding carboxylic acids is 3. The number of allylic oxidation sites excluding steroid dienone is 4. The molecule has 1 N–H and O–H groups in total. The third kappa shape index (κ3) is 2.58. The first-order valence-electron chi connectivity index (χ1n) is 10.8. The third-order valence-corrected chi connectivity index (χ3v) is 9.23.